The van der Waals surface area contributed by atoms with Gasteiger partial charge in [-0.15, -0.1) is 0 Å². The zero-order chi connectivity index (χ0) is 19.4. The molecule has 2 aliphatic rings. The van der Waals surface area contributed by atoms with Crippen LogP contribution < -0.4 is 0 Å². The van der Waals surface area contributed by atoms with Gasteiger partial charge in [0.1, 0.15) is 0 Å². The summed E-state index contributed by atoms with van der Waals surface area (Å²) in [6.07, 6.45) is 4.70. The highest BCUT2D eigenvalue weighted by Gasteiger charge is 2.28. The highest BCUT2D eigenvalue weighted by atomic mass is 32.2. The summed E-state index contributed by atoms with van der Waals surface area (Å²) < 4.78 is 31.8. The van der Waals surface area contributed by atoms with Crippen LogP contribution in [0.5, 0.6) is 0 Å². The van der Waals surface area contributed by atoms with Crippen LogP contribution >= 0.6 is 0 Å². The molecule has 2 heterocycles. The van der Waals surface area contributed by atoms with Crippen molar-refractivity contribution in [1.82, 2.24) is 9.21 Å². The van der Waals surface area contributed by atoms with Crippen molar-refractivity contribution in [3.63, 3.8) is 0 Å². The normalized spacial score (nSPS) is 21.2. The number of carbonyl (C=O) groups is 2. The number of carbonyl (C=O) groups excluding carboxylic acids is 2. The largest absolute Gasteiger partial charge is 0.452 e. The van der Waals surface area contributed by atoms with Crippen molar-refractivity contribution in [2.24, 2.45) is 0 Å². The molecule has 1 atom stereocenters. The first-order valence-electron chi connectivity index (χ1n) is 9.46. The fraction of sp³-hybridized carbons (Fsp3) is 0.579. The van der Waals surface area contributed by atoms with E-state index in [0.717, 1.165) is 32.1 Å². The Morgan fingerprint density at radius 1 is 1.11 bits per heavy atom. The summed E-state index contributed by atoms with van der Waals surface area (Å²) in [6, 6.07) is 5.97. The van der Waals surface area contributed by atoms with E-state index in [-0.39, 0.29) is 29.0 Å². The lowest BCUT2D eigenvalue weighted by atomic mass is 10.0. The molecule has 0 N–H and O–H groups in total. The molecule has 0 radical (unpaired) electrons. The molecule has 2 aliphatic heterocycles. The van der Waals surface area contributed by atoms with E-state index in [9.17, 15) is 18.0 Å². The van der Waals surface area contributed by atoms with Crippen LogP contribution in [-0.2, 0) is 19.6 Å². The van der Waals surface area contributed by atoms with Crippen molar-refractivity contribution in [3.05, 3.63) is 29.8 Å². The van der Waals surface area contributed by atoms with Crippen molar-refractivity contribution in [2.75, 3.05) is 26.2 Å². The molecule has 0 saturated carbocycles. The molecular weight excluding hydrogens is 368 g/mol. The van der Waals surface area contributed by atoms with Crippen LogP contribution in [0.15, 0.2) is 29.2 Å². The molecule has 0 spiro atoms. The van der Waals surface area contributed by atoms with Crippen LogP contribution in [0.3, 0.4) is 0 Å². The minimum absolute atomic E-state index is 0.0785. The molecule has 0 aromatic heterocycles. The van der Waals surface area contributed by atoms with E-state index in [2.05, 4.69) is 0 Å². The lowest BCUT2D eigenvalue weighted by Gasteiger charge is -2.33. The highest BCUT2D eigenvalue weighted by molar-refractivity contribution is 7.89. The summed E-state index contributed by atoms with van der Waals surface area (Å²) in [6.45, 7) is 3.35. The summed E-state index contributed by atoms with van der Waals surface area (Å²) >= 11 is 0. The molecular formula is C19H26N2O5S. The Morgan fingerprint density at radius 3 is 2.52 bits per heavy atom. The van der Waals surface area contributed by atoms with Gasteiger partial charge in [-0.05, 0) is 57.2 Å². The molecule has 27 heavy (non-hydrogen) atoms. The number of likely N-dealkylation sites (tertiary alicyclic amines) is 1. The third-order valence-corrected chi connectivity index (χ3v) is 7.12. The van der Waals surface area contributed by atoms with Gasteiger partial charge in [0.2, 0.25) is 10.0 Å². The van der Waals surface area contributed by atoms with Crippen LogP contribution in [0.2, 0.25) is 0 Å². The van der Waals surface area contributed by atoms with Crippen LogP contribution in [0.1, 0.15) is 49.4 Å². The topological polar surface area (TPSA) is 84.0 Å². The molecule has 2 saturated heterocycles. The molecule has 1 aromatic rings. The molecule has 1 aromatic carbocycles. The van der Waals surface area contributed by atoms with E-state index < -0.39 is 16.0 Å². The molecule has 148 valence electrons. The molecule has 0 bridgehead atoms. The number of amides is 1. The summed E-state index contributed by atoms with van der Waals surface area (Å²) in [5.41, 5.74) is 0.134. The van der Waals surface area contributed by atoms with Gasteiger partial charge in [0, 0.05) is 25.7 Å². The third kappa shape index (κ3) is 4.50. The Labute approximate surface area is 160 Å². The average molecular weight is 394 g/mol. The van der Waals surface area contributed by atoms with Gasteiger partial charge in [0.25, 0.3) is 5.91 Å². The van der Waals surface area contributed by atoms with Crippen LogP contribution in [0.25, 0.3) is 0 Å². The second kappa shape index (κ2) is 8.39. The Hall–Kier alpha value is -1.93. The minimum Gasteiger partial charge on any atom is -0.452 e. The standard InChI is InChI=1S/C19H26N2O5S/c1-15-7-2-3-12-21(15)18(22)14-26-19(23)16-8-6-9-17(13-16)27(24,25)20-10-4-5-11-20/h6,8-9,13,15H,2-5,7,10-12,14H2,1H3/t15-/m0/s1. The van der Waals surface area contributed by atoms with Gasteiger partial charge in [0.05, 0.1) is 10.5 Å². The predicted molar refractivity (Wildman–Crippen MR) is 99.7 cm³/mol. The number of hydrogen-bond donors (Lipinski definition) is 0. The van der Waals surface area contributed by atoms with Crippen molar-refractivity contribution >= 4 is 21.9 Å². The number of rotatable bonds is 5. The van der Waals surface area contributed by atoms with Gasteiger partial charge in [-0.2, -0.15) is 4.31 Å². The van der Waals surface area contributed by atoms with Crippen molar-refractivity contribution in [3.8, 4) is 0 Å². The van der Waals surface area contributed by atoms with E-state index >= 15 is 0 Å². The molecule has 8 heteroatoms. The summed E-state index contributed by atoms with van der Waals surface area (Å²) in [5, 5.41) is 0. The van der Waals surface area contributed by atoms with Crippen molar-refractivity contribution < 1.29 is 22.7 Å². The molecule has 0 aliphatic carbocycles. The summed E-state index contributed by atoms with van der Waals surface area (Å²) in [4.78, 5) is 26.4. The number of benzene rings is 1. The average Bonchev–Trinajstić information content (AvgIpc) is 3.22. The number of ether oxygens (including phenoxy) is 1. The van der Waals surface area contributed by atoms with E-state index in [4.69, 9.17) is 4.74 Å². The van der Waals surface area contributed by atoms with Gasteiger partial charge in [0.15, 0.2) is 6.61 Å². The zero-order valence-corrected chi connectivity index (χ0v) is 16.4. The van der Waals surface area contributed by atoms with Crippen molar-refractivity contribution in [1.29, 1.82) is 0 Å². The lowest BCUT2D eigenvalue weighted by molar-refractivity contribution is -0.137. The fourth-order valence-corrected chi connectivity index (χ4v) is 5.19. The van der Waals surface area contributed by atoms with Gasteiger partial charge in [-0.1, -0.05) is 6.07 Å². The molecule has 3 rings (SSSR count). The Bertz CT molecular complexity index is 802. The van der Waals surface area contributed by atoms with Gasteiger partial charge in [-0.3, -0.25) is 4.79 Å². The maximum absolute atomic E-state index is 12.6. The van der Waals surface area contributed by atoms with Crippen LogP contribution in [0.4, 0.5) is 0 Å². The minimum atomic E-state index is -3.60. The number of sulfonamides is 1. The predicted octanol–water partition coefficient (Wildman–Crippen LogP) is 2.03. The second-order valence-electron chi connectivity index (χ2n) is 7.15. The maximum atomic E-state index is 12.6. The SMILES string of the molecule is C[C@H]1CCCCN1C(=O)COC(=O)c1cccc(S(=O)(=O)N2CCCC2)c1. The first kappa shape index (κ1) is 19.8. The molecule has 7 nitrogen and oxygen atoms in total. The molecule has 2 fully saturated rings. The maximum Gasteiger partial charge on any atom is 0.338 e. The molecule has 0 unspecified atom stereocenters. The van der Waals surface area contributed by atoms with E-state index in [0.29, 0.717) is 19.6 Å². The Balaban J connectivity index is 1.64. The number of nitrogens with zero attached hydrogens (tertiary/aromatic N) is 2. The summed E-state index contributed by atoms with van der Waals surface area (Å²) in [7, 11) is -3.60. The lowest BCUT2D eigenvalue weighted by Crippen LogP contribution is -2.44. The Morgan fingerprint density at radius 2 is 1.81 bits per heavy atom. The third-order valence-electron chi connectivity index (χ3n) is 5.22. The smallest absolute Gasteiger partial charge is 0.338 e. The highest BCUT2D eigenvalue weighted by Crippen LogP contribution is 2.22. The first-order valence-corrected chi connectivity index (χ1v) is 10.9. The summed E-state index contributed by atoms with van der Waals surface area (Å²) in [5.74, 6) is -0.900. The van der Waals surface area contributed by atoms with E-state index in [1.165, 1.54) is 28.6 Å². The van der Waals surface area contributed by atoms with Gasteiger partial charge < -0.3 is 9.64 Å². The Kier molecular flexibility index (Phi) is 6.16. The van der Waals surface area contributed by atoms with Gasteiger partial charge >= 0.3 is 5.97 Å². The number of hydrogen-bond acceptors (Lipinski definition) is 5. The van der Waals surface area contributed by atoms with Gasteiger partial charge in [-0.25, -0.2) is 13.2 Å². The first-order chi connectivity index (χ1) is 12.9. The number of esters is 1. The second-order valence-corrected chi connectivity index (χ2v) is 9.09. The van der Waals surface area contributed by atoms with Crippen molar-refractivity contribution in [2.45, 2.75) is 50.0 Å². The van der Waals surface area contributed by atoms with Crippen LogP contribution in [-0.4, -0.2) is 61.8 Å². The molecule has 1 amide bonds. The van der Waals surface area contributed by atoms with E-state index in [1.807, 2.05) is 6.92 Å². The monoisotopic (exact) mass is 394 g/mol. The number of piperidine rings is 1. The van der Waals surface area contributed by atoms with Crippen LogP contribution in [0, 0.1) is 0 Å². The fourth-order valence-electron chi connectivity index (χ4n) is 3.62. The zero-order valence-electron chi connectivity index (χ0n) is 15.6. The quantitative estimate of drug-likeness (QED) is 0.714. The van der Waals surface area contributed by atoms with E-state index in [1.54, 1.807) is 4.90 Å².